The predicted molar refractivity (Wildman–Crippen MR) is 60.4 cm³/mol. The quantitative estimate of drug-likeness (QED) is 0.316. The number of carbonyl (C=O) groups is 4. The number of amides is 4. The Balaban J connectivity index is 2.64. The van der Waals surface area contributed by atoms with Gasteiger partial charge in [0.15, 0.2) is 0 Å². The van der Waals surface area contributed by atoms with Crippen LogP contribution in [0.25, 0.3) is 0 Å². The number of imide groups is 1. The minimum Gasteiger partial charge on any atom is -0.329 e. The van der Waals surface area contributed by atoms with Gasteiger partial charge in [-0.05, 0) is 6.92 Å². The molecule has 0 saturated carbocycles. The molecule has 0 aromatic heterocycles. The summed E-state index contributed by atoms with van der Waals surface area (Å²) in [6.07, 6.45) is 2.58. The van der Waals surface area contributed by atoms with Crippen molar-refractivity contribution in [3.05, 3.63) is 12.2 Å². The zero-order valence-electron chi connectivity index (χ0n) is 9.83. The number of hydrogen-bond donors (Lipinski definition) is 2. The van der Waals surface area contributed by atoms with Crippen molar-refractivity contribution in [1.82, 2.24) is 15.3 Å². The summed E-state index contributed by atoms with van der Waals surface area (Å²) in [6, 6.07) is -1.000. The number of carbonyl (C=O) groups excluding carboxylic acids is 4. The SMILES string of the molecule is CC(C(=O)NN(C=O)CCN)N1C(=O)C=CC1=O. The molecule has 18 heavy (non-hydrogen) atoms. The van der Waals surface area contributed by atoms with Gasteiger partial charge in [-0.3, -0.25) is 34.5 Å². The third kappa shape index (κ3) is 2.92. The van der Waals surface area contributed by atoms with E-state index in [0.29, 0.717) is 6.41 Å². The van der Waals surface area contributed by atoms with Crippen LogP contribution < -0.4 is 11.2 Å². The van der Waals surface area contributed by atoms with Crippen LogP contribution in [0.3, 0.4) is 0 Å². The van der Waals surface area contributed by atoms with Crippen LogP contribution in [0.2, 0.25) is 0 Å². The number of rotatable bonds is 6. The highest BCUT2D eigenvalue weighted by atomic mass is 16.2. The normalized spacial score (nSPS) is 15.8. The second-order valence-corrected chi connectivity index (χ2v) is 3.62. The summed E-state index contributed by atoms with van der Waals surface area (Å²) in [5, 5.41) is 0.956. The minimum absolute atomic E-state index is 0.141. The van der Waals surface area contributed by atoms with Crippen LogP contribution in [-0.4, -0.2) is 53.2 Å². The Morgan fingerprint density at radius 3 is 2.50 bits per heavy atom. The number of nitrogens with two attached hydrogens (primary N) is 1. The van der Waals surface area contributed by atoms with E-state index >= 15 is 0 Å². The molecule has 0 fully saturated rings. The van der Waals surface area contributed by atoms with Crippen molar-refractivity contribution in [3.8, 4) is 0 Å². The van der Waals surface area contributed by atoms with Crippen molar-refractivity contribution in [1.29, 1.82) is 0 Å². The van der Waals surface area contributed by atoms with Gasteiger partial charge < -0.3 is 5.73 Å². The summed E-state index contributed by atoms with van der Waals surface area (Å²) in [7, 11) is 0. The lowest BCUT2D eigenvalue weighted by molar-refractivity contribution is -0.147. The molecule has 1 heterocycles. The fourth-order valence-corrected chi connectivity index (χ4v) is 1.42. The van der Waals surface area contributed by atoms with E-state index in [1.54, 1.807) is 0 Å². The summed E-state index contributed by atoms with van der Waals surface area (Å²) in [4.78, 5) is 45.8. The molecule has 4 amide bonds. The van der Waals surface area contributed by atoms with Crippen LogP contribution in [0.5, 0.6) is 0 Å². The highest BCUT2D eigenvalue weighted by Crippen LogP contribution is 2.08. The second-order valence-electron chi connectivity index (χ2n) is 3.62. The molecule has 0 aliphatic carbocycles. The van der Waals surface area contributed by atoms with Gasteiger partial charge in [-0.1, -0.05) is 0 Å². The Kier molecular flexibility index (Phi) is 4.55. The topological polar surface area (TPSA) is 113 Å². The van der Waals surface area contributed by atoms with E-state index in [4.69, 9.17) is 5.73 Å². The maximum atomic E-state index is 11.7. The lowest BCUT2D eigenvalue weighted by Crippen LogP contribution is -2.53. The molecular weight excluding hydrogens is 240 g/mol. The van der Waals surface area contributed by atoms with Crippen LogP contribution in [0.15, 0.2) is 12.2 Å². The molecule has 0 spiro atoms. The monoisotopic (exact) mass is 254 g/mol. The molecule has 0 radical (unpaired) electrons. The Morgan fingerprint density at radius 2 is 2.06 bits per heavy atom. The second kappa shape index (κ2) is 5.92. The van der Waals surface area contributed by atoms with Crippen molar-refractivity contribution in [2.24, 2.45) is 5.73 Å². The van der Waals surface area contributed by atoms with Gasteiger partial charge in [-0.2, -0.15) is 0 Å². The Hall–Kier alpha value is -2.22. The van der Waals surface area contributed by atoms with E-state index in [-0.39, 0.29) is 13.1 Å². The Labute approximate surface area is 103 Å². The average Bonchev–Trinajstić information content (AvgIpc) is 2.67. The van der Waals surface area contributed by atoms with E-state index < -0.39 is 23.8 Å². The Bertz CT molecular complexity index is 389. The van der Waals surface area contributed by atoms with E-state index in [2.05, 4.69) is 5.43 Å². The smallest absolute Gasteiger partial charge is 0.261 e. The predicted octanol–water partition coefficient (Wildman–Crippen LogP) is -2.25. The molecule has 8 heteroatoms. The zero-order chi connectivity index (χ0) is 13.7. The zero-order valence-corrected chi connectivity index (χ0v) is 9.83. The lowest BCUT2D eigenvalue weighted by Gasteiger charge is -2.24. The van der Waals surface area contributed by atoms with Gasteiger partial charge in [-0.15, -0.1) is 0 Å². The maximum absolute atomic E-state index is 11.7. The van der Waals surface area contributed by atoms with E-state index in [9.17, 15) is 19.2 Å². The van der Waals surface area contributed by atoms with Crippen LogP contribution in [-0.2, 0) is 19.2 Å². The van der Waals surface area contributed by atoms with Crippen molar-refractivity contribution < 1.29 is 19.2 Å². The first-order valence-corrected chi connectivity index (χ1v) is 5.29. The van der Waals surface area contributed by atoms with Crippen LogP contribution in [0.4, 0.5) is 0 Å². The summed E-state index contributed by atoms with van der Waals surface area (Å²) in [5.74, 6) is -1.75. The van der Waals surface area contributed by atoms with Gasteiger partial charge in [0.1, 0.15) is 6.04 Å². The molecule has 8 nitrogen and oxygen atoms in total. The third-order valence-electron chi connectivity index (χ3n) is 2.36. The van der Waals surface area contributed by atoms with Gasteiger partial charge >= 0.3 is 0 Å². The molecule has 0 saturated heterocycles. The molecule has 1 aliphatic rings. The standard InChI is InChI=1S/C10H14N4O4/c1-7(14-8(16)2-3-9(14)17)10(18)12-13(6-15)5-4-11/h2-3,6-7H,4-5,11H2,1H3,(H,12,18). The fourth-order valence-electron chi connectivity index (χ4n) is 1.42. The number of hydrogen-bond acceptors (Lipinski definition) is 5. The molecule has 98 valence electrons. The van der Waals surface area contributed by atoms with E-state index in [0.717, 1.165) is 22.1 Å². The summed E-state index contributed by atoms with van der Waals surface area (Å²) >= 11 is 0. The number of hydrazine groups is 1. The molecule has 1 aliphatic heterocycles. The van der Waals surface area contributed by atoms with Gasteiger partial charge in [0.2, 0.25) is 6.41 Å². The molecule has 0 aromatic carbocycles. The number of nitrogens with one attached hydrogen (secondary N) is 1. The first-order valence-electron chi connectivity index (χ1n) is 5.29. The molecule has 0 aromatic rings. The highest BCUT2D eigenvalue weighted by molar-refractivity contribution is 6.15. The van der Waals surface area contributed by atoms with Crippen LogP contribution in [0.1, 0.15) is 6.92 Å². The molecule has 1 atom stereocenters. The number of nitrogens with zero attached hydrogens (tertiary/aromatic N) is 2. The maximum Gasteiger partial charge on any atom is 0.261 e. The van der Waals surface area contributed by atoms with Crippen molar-refractivity contribution >= 4 is 24.1 Å². The molecular formula is C10H14N4O4. The summed E-state index contributed by atoms with van der Waals surface area (Å²) in [5.41, 5.74) is 7.50. The largest absolute Gasteiger partial charge is 0.329 e. The molecule has 3 N–H and O–H groups in total. The fraction of sp³-hybridized carbons (Fsp3) is 0.400. The van der Waals surface area contributed by atoms with Gasteiger partial charge in [0.25, 0.3) is 17.7 Å². The Morgan fingerprint density at radius 1 is 1.50 bits per heavy atom. The molecule has 0 bridgehead atoms. The van der Waals surface area contributed by atoms with Crippen LogP contribution >= 0.6 is 0 Å². The van der Waals surface area contributed by atoms with Crippen LogP contribution in [0, 0.1) is 0 Å². The third-order valence-corrected chi connectivity index (χ3v) is 2.36. The van der Waals surface area contributed by atoms with Crippen molar-refractivity contribution in [3.63, 3.8) is 0 Å². The highest BCUT2D eigenvalue weighted by Gasteiger charge is 2.33. The summed E-state index contributed by atoms with van der Waals surface area (Å²) < 4.78 is 0. The van der Waals surface area contributed by atoms with Gasteiger partial charge in [0.05, 0.1) is 6.54 Å². The van der Waals surface area contributed by atoms with Gasteiger partial charge in [-0.25, -0.2) is 0 Å². The first kappa shape index (κ1) is 13.8. The molecule has 1 rings (SSSR count). The van der Waals surface area contributed by atoms with E-state index in [1.807, 2.05) is 0 Å². The summed E-state index contributed by atoms with van der Waals surface area (Å²) in [6.45, 7) is 1.71. The van der Waals surface area contributed by atoms with Crippen molar-refractivity contribution in [2.45, 2.75) is 13.0 Å². The van der Waals surface area contributed by atoms with Gasteiger partial charge in [0, 0.05) is 18.7 Å². The molecule has 1 unspecified atom stereocenters. The lowest BCUT2D eigenvalue weighted by atomic mass is 10.3. The van der Waals surface area contributed by atoms with E-state index in [1.165, 1.54) is 6.92 Å². The average molecular weight is 254 g/mol. The first-order chi connectivity index (χ1) is 8.51. The van der Waals surface area contributed by atoms with Crippen molar-refractivity contribution in [2.75, 3.05) is 13.1 Å². The minimum atomic E-state index is -1.000.